The molecule has 1 aliphatic carbocycles. The Morgan fingerprint density at radius 3 is 2.48 bits per heavy atom. The van der Waals surface area contributed by atoms with Gasteiger partial charge in [0.15, 0.2) is 0 Å². The maximum absolute atomic E-state index is 10.6. The summed E-state index contributed by atoms with van der Waals surface area (Å²) in [6.45, 7) is 0.763. The standard InChI is InChI=1S/C15H14ClN3O2/c16-12-3-1-11(2-4-12)15(7-8-15)10-18-14-6-5-13(9-17-14)19(20)21/h1-6,9H,7-8,10H2,(H,17,18). The van der Waals surface area contributed by atoms with Gasteiger partial charge in [0.05, 0.1) is 4.92 Å². The van der Waals surface area contributed by atoms with Crippen LogP contribution in [-0.2, 0) is 5.41 Å². The average molecular weight is 304 g/mol. The van der Waals surface area contributed by atoms with E-state index in [9.17, 15) is 10.1 Å². The fourth-order valence-corrected chi connectivity index (χ4v) is 2.51. The quantitative estimate of drug-likeness (QED) is 0.674. The maximum atomic E-state index is 10.6. The molecule has 0 spiro atoms. The molecule has 1 aromatic heterocycles. The minimum Gasteiger partial charge on any atom is -0.369 e. The lowest BCUT2D eigenvalue weighted by Crippen LogP contribution is -2.20. The lowest BCUT2D eigenvalue weighted by Gasteiger charge is -2.17. The van der Waals surface area contributed by atoms with Gasteiger partial charge >= 0.3 is 0 Å². The summed E-state index contributed by atoms with van der Waals surface area (Å²) in [5.74, 6) is 0.654. The molecule has 0 radical (unpaired) electrons. The summed E-state index contributed by atoms with van der Waals surface area (Å²) >= 11 is 5.91. The SMILES string of the molecule is O=[N+]([O-])c1ccc(NCC2(c3ccc(Cl)cc3)CC2)nc1. The lowest BCUT2D eigenvalue weighted by molar-refractivity contribution is -0.385. The van der Waals surface area contributed by atoms with Gasteiger partial charge in [-0.3, -0.25) is 10.1 Å². The number of halogens is 1. The summed E-state index contributed by atoms with van der Waals surface area (Å²) in [5, 5.41) is 14.6. The summed E-state index contributed by atoms with van der Waals surface area (Å²) in [7, 11) is 0. The predicted molar refractivity (Wildman–Crippen MR) is 81.7 cm³/mol. The summed E-state index contributed by atoms with van der Waals surface area (Å²) < 4.78 is 0. The van der Waals surface area contributed by atoms with E-state index in [-0.39, 0.29) is 11.1 Å². The zero-order valence-electron chi connectivity index (χ0n) is 11.3. The zero-order valence-corrected chi connectivity index (χ0v) is 12.0. The number of rotatable bonds is 5. The average Bonchev–Trinajstić information content (AvgIpc) is 3.27. The molecule has 0 aliphatic heterocycles. The third-order valence-electron chi connectivity index (χ3n) is 3.88. The first-order valence-corrected chi connectivity index (χ1v) is 7.07. The molecular formula is C15H14ClN3O2. The minimum absolute atomic E-state index is 0.000568. The molecule has 1 N–H and O–H groups in total. The van der Waals surface area contributed by atoms with Gasteiger partial charge in [-0.05, 0) is 36.6 Å². The molecular weight excluding hydrogens is 290 g/mol. The summed E-state index contributed by atoms with van der Waals surface area (Å²) in [6, 6.07) is 11.0. The number of nitrogens with one attached hydrogen (secondary N) is 1. The van der Waals surface area contributed by atoms with Crippen LogP contribution < -0.4 is 5.32 Å². The van der Waals surface area contributed by atoms with Crippen LogP contribution in [0.2, 0.25) is 5.02 Å². The van der Waals surface area contributed by atoms with Crippen molar-refractivity contribution in [1.82, 2.24) is 4.98 Å². The Balaban J connectivity index is 1.67. The Kier molecular flexibility index (Phi) is 3.51. The molecule has 3 rings (SSSR count). The summed E-state index contributed by atoms with van der Waals surface area (Å²) in [4.78, 5) is 14.2. The van der Waals surface area contributed by atoms with Crippen LogP contribution in [0.25, 0.3) is 0 Å². The molecule has 0 bridgehead atoms. The number of anilines is 1. The first kappa shape index (κ1) is 13.8. The van der Waals surface area contributed by atoms with Crippen LogP contribution in [0.15, 0.2) is 42.6 Å². The van der Waals surface area contributed by atoms with E-state index in [1.807, 2.05) is 12.1 Å². The molecule has 1 heterocycles. The van der Waals surface area contributed by atoms with Gasteiger partial charge in [0.25, 0.3) is 5.69 Å². The summed E-state index contributed by atoms with van der Waals surface area (Å²) in [6.07, 6.45) is 3.51. The van der Waals surface area contributed by atoms with Crippen LogP contribution in [0.1, 0.15) is 18.4 Å². The molecule has 0 amide bonds. The largest absolute Gasteiger partial charge is 0.369 e. The fourth-order valence-electron chi connectivity index (χ4n) is 2.38. The normalized spacial score (nSPS) is 15.5. The van der Waals surface area contributed by atoms with Gasteiger partial charge in [-0.25, -0.2) is 4.98 Å². The van der Waals surface area contributed by atoms with E-state index < -0.39 is 4.92 Å². The highest BCUT2D eigenvalue weighted by Crippen LogP contribution is 2.48. The van der Waals surface area contributed by atoms with Crippen molar-refractivity contribution in [2.24, 2.45) is 0 Å². The van der Waals surface area contributed by atoms with Crippen molar-refractivity contribution in [2.75, 3.05) is 11.9 Å². The molecule has 2 aromatic rings. The van der Waals surface area contributed by atoms with Crippen LogP contribution in [0.3, 0.4) is 0 Å². The molecule has 0 unspecified atom stereocenters. The number of pyridine rings is 1. The van der Waals surface area contributed by atoms with Gasteiger partial charge in [-0.1, -0.05) is 23.7 Å². The second-order valence-electron chi connectivity index (χ2n) is 5.30. The Morgan fingerprint density at radius 1 is 1.24 bits per heavy atom. The van der Waals surface area contributed by atoms with Crippen molar-refractivity contribution < 1.29 is 4.92 Å². The van der Waals surface area contributed by atoms with Crippen LogP contribution in [0.5, 0.6) is 0 Å². The highest BCUT2D eigenvalue weighted by atomic mass is 35.5. The first-order valence-electron chi connectivity index (χ1n) is 6.69. The topological polar surface area (TPSA) is 68.1 Å². The minimum atomic E-state index is -0.452. The van der Waals surface area contributed by atoms with Crippen molar-refractivity contribution in [3.05, 3.63) is 63.3 Å². The van der Waals surface area contributed by atoms with E-state index in [1.54, 1.807) is 6.07 Å². The maximum Gasteiger partial charge on any atom is 0.287 e. The molecule has 1 aliphatic rings. The molecule has 5 nitrogen and oxygen atoms in total. The predicted octanol–water partition coefficient (Wildman–Crippen LogP) is 3.79. The molecule has 108 valence electrons. The van der Waals surface area contributed by atoms with Gasteiger partial charge in [0, 0.05) is 23.0 Å². The molecule has 21 heavy (non-hydrogen) atoms. The van der Waals surface area contributed by atoms with Crippen molar-refractivity contribution in [3.8, 4) is 0 Å². The Morgan fingerprint density at radius 2 is 1.95 bits per heavy atom. The van der Waals surface area contributed by atoms with E-state index in [2.05, 4.69) is 22.4 Å². The Bertz CT molecular complexity index is 652. The van der Waals surface area contributed by atoms with Crippen LogP contribution in [-0.4, -0.2) is 16.5 Å². The zero-order chi connectivity index (χ0) is 14.9. The first-order chi connectivity index (χ1) is 10.1. The van der Waals surface area contributed by atoms with E-state index in [1.165, 1.54) is 17.8 Å². The van der Waals surface area contributed by atoms with Crippen molar-refractivity contribution in [1.29, 1.82) is 0 Å². The number of benzene rings is 1. The Hall–Kier alpha value is -2.14. The van der Waals surface area contributed by atoms with E-state index in [0.717, 1.165) is 24.4 Å². The third-order valence-corrected chi connectivity index (χ3v) is 4.13. The highest BCUT2D eigenvalue weighted by Gasteiger charge is 2.43. The molecule has 0 atom stereocenters. The molecule has 1 aromatic carbocycles. The second kappa shape index (κ2) is 5.33. The molecule has 1 fully saturated rings. The lowest BCUT2D eigenvalue weighted by atomic mass is 9.96. The number of hydrogen-bond donors (Lipinski definition) is 1. The second-order valence-corrected chi connectivity index (χ2v) is 5.74. The Labute approximate surface area is 127 Å². The van der Waals surface area contributed by atoms with Crippen LogP contribution >= 0.6 is 11.6 Å². The number of hydrogen-bond acceptors (Lipinski definition) is 4. The molecule has 0 saturated heterocycles. The van der Waals surface area contributed by atoms with Gasteiger partial charge in [-0.2, -0.15) is 0 Å². The van der Waals surface area contributed by atoms with Crippen LogP contribution in [0.4, 0.5) is 11.5 Å². The van der Waals surface area contributed by atoms with Crippen molar-refractivity contribution in [2.45, 2.75) is 18.3 Å². The van der Waals surface area contributed by atoms with E-state index in [4.69, 9.17) is 11.6 Å². The van der Waals surface area contributed by atoms with E-state index >= 15 is 0 Å². The van der Waals surface area contributed by atoms with Gasteiger partial charge in [0.1, 0.15) is 12.0 Å². The van der Waals surface area contributed by atoms with E-state index in [0.29, 0.717) is 5.82 Å². The summed E-state index contributed by atoms with van der Waals surface area (Å²) in [5.41, 5.74) is 1.40. The van der Waals surface area contributed by atoms with Gasteiger partial charge < -0.3 is 5.32 Å². The van der Waals surface area contributed by atoms with Crippen molar-refractivity contribution in [3.63, 3.8) is 0 Å². The number of aromatic nitrogens is 1. The van der Waals surface area contributed by atoms with Gasteiger partial charge in [0.2, 0.25) is 0 Å². The highest BCUT2D eigenvalue weighted by molar-refractivity contribution is 6.30. The smallest absolute Gasteiger partial charge is 0.287 e. The van der Waals surface area contributed by atoms with Gasteiger partial charge in [-0.15, -0.1) is 0 Å². The number of nitrogens with zero attached hydrogens (tertiary/aromatic N) is 2. The van der Waals surface area contributed by atoms with Crippen LogP contribution in [0, 0.1) is 10.1 Å². The molecule has 1 saturated carbocycles. The third kappa shape index (κ3) is 2.97. The molecule has 6 heteroatoms. The fraction of sp³-hybridized carbons (Fsp3) is 0.267. The number of nitro groups is 1. The monoisotopic (exact) mass is 303 g/mol. The van der Waals surface area contributed by atoms with Crippen molar-refractivity contribution >= 4 is 23.1 Å².